The van der Waals surface area contributed by atoms with Crippen molar-refractivity contribution >= 4 is 5.91 Å². The van der Waals surface area contributed by atoms with Gasteiger partial charge in [0.2, 0.25) is 0 Å². The Morgan fingerprint density at radius 2 is 1.96 bits per heavy atom. The number of nitrogens with one attached hydrogen (secondary N) is 1. The number of pyridine rings is 1. The van der Waals surface area contributed by atoms with Crippen LogP contribution in [0.3, 0.4) is 0 Å². The molecule has 5 nitrogen and oxygen atoms in total. The van der Waals surface area contributed by atoms with Crippen LogP contribution in [0.15, 0.2) is 42.5 Å². The zero-order valence-electron chi connectivity index (χ0n) is 14.2. The first-order valence-corrected chi connectivity index (χ1v) is 8.42. The van der Waals surface area contributed by atoms with Crippen molar-refractivity contribution in [2.75, 3.05) is 32.8 Å². The van der Waals surface area contributed by atoms with Crippen LogP contribution in [0.5, 0.6) is 0 Å². The maximum atomic E-state index is 13.3. The number of carbonyl (C=O) groups excluding carboxylic acids is 1. The molecule has 0 bridgehead atoms. The van der Waals surface area contributed by atoms with Gasteiger partial charge in [-0.15, -0.1) is 0 Å². The Balaban J connectivity index is 1.73. The minimum atomic E-state index is -0.266. The van der Waals surface area contributed by atoms with Crippen LogP contribution in [0.4, 0.5) is 4.39 Å². The van der Waals surface area contributed by atoms with Gasteiger partial charge in [0.25, 0.3) is 5.91 Å². The van der Waals surface area contributed by atoms with E-state index in [4.69, 9.17) is 4.74 Å². The Morgan fingerprint density at radius 3 is 2.64 bits per heavy atom. The maximum Gasteiger partial charge on any atom is 0.269 e. The average molecular weight is 343 g/mol. The van der Waals surface area contributed by atoms with Crippen molar-refractivity contribution in [2.45, 2.75) is 13.0 Å². The maximum absolute atomic E-state index is 13.3. The molecule has 1 aliphatic heterocycles. The summed E-state index contributed by atoms with van der Waals surface area (Å²) in [5.74, 6) is -0.471. The lowest BCUT2D eigenvalue weighted by atomic mass is 10.0. The molecule has 0 aliphatic carbocycles. The Kier molecular flexibility index (Phi) is 5.73. The van der Waals surface area contributed by atoms with Crippen LogP contribution in [-0.4, -0.2) is 48.6 Å². The third-order valence-electron chi connectivity index (χ3n) is 4.32. The third-order valence-corrected chi connectivity index (χ3v) is 4.32. The number of amides is 1. The summed E-state index contributed by atoms with van der Waals surface area (Å²) in [5.41, 5.74) is 2.18. The molecule has 0 saturated carbocycles. The predicted molar refractivity (Wildman–Crippen MR) is 92.8 cm³/mol. The number of aromatic nitrogens is 1. The quantitative estimate of drug-likeness (QED) is 0.905. The van der Waals surface area contributed by atoms with Crippen LogP contribution in [0, 0.1) is 12.7 Å². The number of morpholine rings is 1. The first-order valence-electron chi connectivity index (χ1n) is 8.42. The second-order valence-electron chi connectivity index (χ2n) is 6.09. The van der Waals surface area contributed by atoms with Gasteiger partial charge >= 0.3 is 0 Å². The highest BCUT2D eigenvalue weighted by atomic mass is 19.1. The number of carbonyl (C=O) groups is 1. The number of ether oxygens (including phenoxy) is 1. The smallest absolute Gasteiger partial charge is 0.269 e. The van der Waals surface area contributed by atoms with Crippen LogP contribution in [0.1, 0.15) is 27.8 Å². The van der Waals surface area contributed by atoms with Gasteiger partial charge < -0.3 is 10.1 Å². The molecule has 0 radical (unpaired) electrons. The standard InChI is InChI=1S/C19H22FN3O2/c1-14-3-2-4-17(22-14)19(24)21-13-18(23-9-11-25-12-10-23)15-5-7-16(20)8-6-15/h2-8,18H,9-13H2,1H3,(H,21,24). The lowest BCUT2D eigenvalue weighted by molar-refractivity contribution is 0.0162. The third kappa shape index (κ3) is 4.61. The van der Waals surface area contributed by atoms with Crippen LogP contribution in [0.2, 0.25) is 0 Å². The molecule has 0 spiro atoms. The van der Waals surface area contributed by atoms with Gasteiger partial charge in [-0.3, -0.25) is 9.69 Å². The highest BCUT2D eigenvalue weighted by Crippen LogP contribution is 2.21. The number of hydrogen-bond acceptors (Lipinski definition) is 4. The topological polar surface area (TPSA) is 54.5 Å². The first kappa shape index (κ1) is 17.5. The lowest BCUT2D eigenvalue weighted by Crippen LogP contribution is -2.44. The van der Waals surface area contributed by atoms with E-state index < -0.39 is 0 Å². The molecule has 1 amide bonds. The van der Waals surface area contributed by atoms with Gasteiger partial charge in [-0.2, -0.15) is 0 Å². The Labute approximate surface area is 146 Å². The molecule has 1 saturated heterocycles. The summed E-state index contributed by atoms with van der Waals surface area (Å²) in [7, 11) is 0. The van der Waals surface area contributed by atoms with E-state index in [1.165, 1.54) is 12.1 Å². The minimum Gasteiger partial charge on any atom is -0.379 e. The van der Waals surface area contributed by atoms with Gasteiger partial charge in [-0.05, 0) is 36.8 Å². The van der Waals surface area contributed by atoms with Gasteiger partial charge in [0.15, 0.2) is 0 Å². The number of rotatable bonds is 5. The van der Waals surface area contributed by atoms with Gasteiger partial charge in [0.05, 0.1) is 19.3 Å². The number of aryl methyl sites for hydroxylation is 1. The number of nitrogens with zero attached hydrogens (tertiary/aromatic N) is 2. The normalized spacial score (nSPS) is 16.4. The molecule has 2 aromatic rings. The molecular formula is C19H22FN3O2. The molecule has 1 atom stereocenters. The first-order chi connectivity index (χ1) is 12.1. The molecule has 1 unspecified atom stereocenters. The van der Waals surface area contributed by atoms with E-state index in [2.05, 4.69) is 15.2 Å². The van der Waals surface area contributed by atoms with Crippen molar-refractivity contribution in [2.24, 2.45) is 0 Å². The Morgan fingerprint density at radius 1 is 1.24 bits per heavy atom. The number of hydrogen-bond donors (Lipinski definition) is 1. The molecule has 3 rings (SSSR count). The van der Waals surface area contributed by atoms with Crippen molar-refractivity contribution < 1.29 is 13.9 Å². The van der Waals surface area contributed by atoms with Crippen molar-refractivity contribution in [3.8, 4) is 0 Å². The van der Waals surface area contributed by atoms with E-state index in [-0.39, 0.29) is 17.8 Å². The molecule has 1 aliphatic rings. The Bertz CT molecular complexity index is 715. The zero-order chi connectivity index (χ0) is 17.6. The second-order valence-corrected chi connectivity index (χ2v) is 6.09. The summed E-state index contributed by atoms with van der Waals surface area (Å²) >= 11 is 0. The largest absolute Gasteiger partial charge is 0.379 e. The summed E-state index contributed by atoms with van der Waals surface area (Å²) in [5, 5.41) is 2.96. The SMILES string of the molecule is Cc1cccc(C(=O)NCC(c2ccc(F)cc2)N2CCOCC2)n1. The molecule has 2 heterocycles. The molecule has 1 aromatic heterocycles. The fourth-order valence-corrected chi connectivity index (χ4v) is 2.98. The molecular weight excluding hydrogens is 321 g/mol. The van der Waals surface area contributed by atoms with Crippen LogP contribution in [0.25, 0.3) is 0 Å². The predicted octanol–water partition coefficient (Wildman–Crippen LogP) is 2.33. The molecule has 1 N–H and O–H groups in total. The van der Waals surface area contributed by atoms with Crippen molar-refractivity contribution in [3.05, 3.63) is 65.2 Å². The monoisotopic (exact) mass is 343 g/mol. The highest BCUT2D eigenvalue weighted by Gasteiger charge is 2.23. The van der Waals surface area contributed by atoms with E-state index in [1.54, 1.807) is 18.2 Å². The van der Waals surface area contributed by atoms with Gasteiger partial charge in [0, 0.05) is 25.3 Å². The fraction of sp³-hybridized carbons (Fsp3) is 0.368. The van der Waals surface area contributed by atoms with E-state index in [0.29, 0.717) is 25.5 Å². The van der Waals surface area contributed by atoms with Gasteiger partial charge in [-0.25, -0.2) is 9.37 Å². The molecule has 25 heavy (non-hydrogen) atoms. The van der Waals surface area contributed by atoms with E-state index in [1.807, 2.05) is 19.1 Å². The summed E-state index contributed by atoms with van der Waals surface area (Å²) in [6.07, 6.45) is 0. The minimum absolute atomic E-state index is 0.0294. The van der Waals surface area contributed by atoms with Crippen LogP contribution < -0.4 is 5.32 Å². The molecule has 132 valence electrons. The summed E-state index contributed by atoms with van der Waals surface area (Å²) in [6, 6.07) is 11.8. The molecule has 1 aromatic carbocycles. The van der Waals surface area contributed by atoms with E-state index in [0.717, 1.165) is 24.3 Å². The molecule has 1 fully saturated rings. The zero-order valence-corrected chi connectivity index (χ0v) is 14.2. The van der Waals surface area contributed by atoms with Gasteiger partial charge in [0.1, 0.15) is 11.5 Å². The van der Waals surface area contributed by atoms with Crippen LogP contribution >= 0.6 is 0 Å². The average Bonchev–Trinajstić information content (AvgIpc) is 2.64. The van der Waals surface area contributed by atoms with E-state index >= 15 is 0 Å². The van der Waals surface area contributed by atoms with Crippen molar-refractivity contribution in [3.63, 3.8) is 0 Å². The van der Waals surface area contributed by atoms with Crippen molar-refractivity contribution in [1.82, 2.24) is 15.2 Å². The van der Waals surface area contributed by atoms with Gasteiger partial charge in [-0.1, -0.05) is 18.2 Å². The number of halogens is 1. The Hall–Kier alpha value is -2.31. The fourth-order valence-electron chi connectivity index (χ4n) is 2.98. The number of benzene rings is 1. The summed E-state index contributed by atoms with van der Waals surface area (Å²) < 4.78 is 18.7. The van der Waals surface area contributed by atoms with Crippen molar-refractivity contribution in [1.29, 1.82) is 0 Å². The summed E-state index contributed by atoms with van der Waals surface area (Å²) in [6.45, 7) is 5.16. The molecule has 6 heteroatoms. The van der Waals surface area contributed by atoms with E-state index in [9.17, 15) is 9.18 Å². The highest BCUT2D eigenvalue weighted by molar-refractivity contribution is 5.92. The summed E-state index contributed by atoms with van der Waals surface area (Å²) in [4.78, 5) is 18.9. The lowest BCUT2D eigenvalue weighted by Gasteiger charge is -2.34. The second kappa shape index (κ2) is 8.18. The van der Waals surface area contributed by atoms with Crippen LogP contribution in [-0.2, 0) is 4.74 Å².